The van der Waals surface area contributed by atoms with E-state index in [0.29, 0.717) is 30.0 Å². The average molecular weight is 521 g/mol. The first-order chi connectivity index (χ1) is 16.9. The number of piperidine rings is 1. The number of hydrogen-bond acceptors (Lipinski definition) is 8. The van der Waals surface area contributed by atoms with Crippen LogP contribution in [0, 0.1) is 10.5 Å². The van der Waals surface area contributed by atoms with E-state index < -0.39 is 29.2 Å². The molecule has 0 aromatic rings. The van der Waals surface area contributed by atoms with Gasteiger partial charge in [0.05, 0.1) is 11.1 Å². The summed E-state index contributed by atoms with van der Waals surface area (Å²) in [5.74, 6) is -0.929. The minimum Gasteiger partial charge on any atom is -0.450 e. The predicted octanol–water partition coefficient (Wildman–Crippen LogP) is 4.07. The van der Waals surface area contributed by atoms with E-state index >= 15 is 0 Å². The molecule has 0 bridgehead atoms. The molecule has 12 heteroatoms. The van der Waals surface area contributed by atoms with Gasteiger partial charge in [0, 0.05) is 56.5 Å². The third-order valence-electron chi connectivity index (χ3n) is 6.01. The van der Waals surface area contributed by atoms with Crippen molar-refractivity contribution in [1.29, 1.82) is 5.59 Å². The first-order valence-corrected chi connectivity index (χ1v) is 11.8. The summed E-state index contributed by atoms with van der Waals surface area (Å²) in [7, 11) is 0. The zero-order valence-electron chi connectivity index (χ0n) is 21.7. The van der Waals surface area contributed by atoms with Gasteiger partial charge < -0.3 is 20.9 Å². The van der Waals surface area contributed by atoms with Crippen molar-refractivity contribution in [3.8, 4) is 0 Å². The molecule has 36 heavy (non-hydrogen) atoms. The van der Waals surface area contributed by atoms with Gasteiger partial charge in [-0.3, -0.25) is 9.69 Å². The highest BCUT2D eigenvalue weighted by molar-refractivity contribution is 6.06. The van der Waals surface area contributed by atoms with E-state index in [2.05, 4.69) is 10.5 Å². The molecule has 0 saturated carbocycles. The van der Waals surface area contributed by atoms with Crippen molar-refractivity contribution in [2.24, 2.45) is 11.5 Å². The number of primary amides is 1. The van der Waals surface area contributed by atoms with E-state index in [1.807, 2.05) is 13.8 Å². The van der Waals surface area contributed by atoms with Crippen molar-refractivity contribution in [2.75, 3.05) is 26.3 Å². The SMILES string of the molecule is C/C=C(\C=C(/C)N)C(F)(F)F.CC.CC1=C(C(N)=O)C2(CCN(C3CCOCC3)CC2)OC1=O.N=O. The number of nitrogens with one attached hydrogen (secondary N) is 1. The number of nitrogens with zero attached hydrogens (tertiary/aromatic N) is 1. The van der Waals surface area contributed by atoms with E-state index in [1.165, 1.54) is 13.8 Å². The normalized spacial score (nSPS) is 20.8. The molecule has 0 aromatic heterocycles. The Balaban J connectivity index is 0.000000697. The summed E-state index contributed by atoms with van der Waals surface area (Å²) in [6.45, 7) is 11.6. The van der Waals surface area contributed by atoms with Gasteiger partial charge in [-0.1, -0.05) is 25.5 Å². The molecule has 3 heterocycles. The van der Waals surface area contributed by atoms with E-state index in [0.717, 1.165) is 51.3 Å². The molecular formula is C24H39F3N4O5. The number of likely N-dealkylation sites (tertiary alicyclic amines) is 1. The summed E-state index contributed by atoms with van der Waals surface area (Å²) in [5.41, 5.74) is 14.5. The highest BCUT2D eigenvalue weighted by Crippen LogP contribution is 2.41. The molecule has 0 radical (unpaired) electrons. The highest BCUT2D eigenvalue weighted by Gasteiger charge is 2.50. The highest BCUT2D eigenvalue weighted by atomic mass is 19.4. The summed E-state index contributed by atoms with van der Waals surface area (Å²) < 4.78 is 46.7. The smallest absolute Gasteiger partial charge is 0.416 e. The van der Waals surface area contributed by atoms with Crippen molar-refractivity contribution in [2.45, 2.75) is 78.1 Å². The Morgan fingerprint density at radius 2 is 1.64 bits per heavy atom. The van der Waals surface area contributed by atoms with E-state index in [9.17, 15) is 22.8 Å². The van der Waals surface area contributed by atoms with Crippen molar-refractivity contribution in [3.63, 3.8) is 0 Å². The average Bonchev–Trinajstić information content (AvgIpc) is 3.09. The van der Waals surface area contributed by atoms with Crippen LogP contribution in [0.1, 0.15) is 60.3 Å². The van der Waals surface area contributed by atoms with Gasteiger partial charge in [0.1, 0.15) is 5.60 Å². The number of carbonyl (C=O) groups excluding carboxylic acids is 2. The van der Waals surface area contributed by atoms with Crippen molar-refractivity contribution in [1.82, 2.24) is 4.90 Å². The van der Waals surface area contributed by atoms with Crippen molar-refractivity contribution < 1.29 is 32.2 Å². The second-order valence-electron chi connectivity index (χ2n) is 8.26. The maximum Gasteiger partial charge on any atom is 0.416 e. The summed E-state index contributed by atoms with van der Waals surface area (Å²) in [6.07, 6.45) is 0.970. The van der Waals surface area contributed by atoms with Gasteiger partial charge in [0.25, 0.3) is 0 Å². The van der Waals surface area contributed by atoms with Gasteiger partial charge in [-0.15, -0.1) is 0 Å². The Labute approximate surface area is 210 Å². The zero-order valence-corrected chi connectivity index (χ0v) is 21.7. The first-order valence-electron chi connectivity index (χ1n) is 11.8. The van der Waals surface area contributed by atoms with Crippen LogP contribution in [0.5, 0.6) is 0 Å². The predicted molar refractivity (Wildman–Crippen MR) is 131 cm³/mol. The van der Waals surface area contributed by atoms with E-state index in [-0.39, 0.29) is 5.70 Å². The number of halogens is 3. The molecule has 2 fully saturated rings. The Morgan fingerprint density at radius 1 is 1.14 bits per heavy atom. The fraction of sp³-hybridized carbons (Fsp3) is 0.667. The number of rotatable bonds is 3. The second kappa shape index (κ2) is 15.4. The maximum atomic E-state index is 11.9. The lowest BCUT2D eigenvalue weighted by Gasteiger charge is -2.43. The quantitative estimate of drug-likeness (QED) is 0.288. The first kappa shape index (κ1) is 33.3. The largest absolute Gasteiger partial charge is 0.450 e. The molecular weight excluding hydrogens is 481 g/mol. The fourth-order valence-corrected chi connectivity index (χ4v) is 4.38. The van der Waals surface area contributed by atoms with Crippen LogP contribution in [0.3, 0.4) is 0 Å². The van der Waals surface area contributed by atoms with E-state index in [1.54, 1.807) is 6.92 Å². The van der Waals surface area contributed by atoms with Crippen molar-refractivity contribution >= 4 is 11.9 Å². The zero-order chi connectivity index (χ0) is 28.1. The van der Waals surface area contributed by atoms with Gasteiger partial charge in [-0.05, 0) is 39.7 Å². The Hall–Kier alpha value is -2.73. The van der Waals surface area contributed by atoms with Crippen LogP contribution in [0.25, 0.3) is 0 Å². The summed E-state index contributed by atoms with van der Waals surface area (Å²) in [4.78, 5) is 33.5. The minimum atomic E-state index is -4.30. The number of nitrogens with two attached hydrogens (primary N) is 2. The molecule has 3 aliphatic heterocycles. The molecule has 0 aromatic carbocycles. The molecule has 3 aliphatic rings. The lowest BCUT2D eigenvalue weighted by Crippen LogP contribution is -2.51. The summed E-state index contributed by atoms with van der Waals surface area (Å²) in [6, 6.07) is 0.537. The number of carbonyl (C=O) groups is 2. The third kappa shape index (κ3) is 9.05. The number of ether oxygens (including phenoxy) is 2. The molecule has 9 nitrogen and oxygen atoms in total. The molecule has 1 amide bonds. The number of hydrogen-bond donors (Lipinski definition) is 3. The van der Waals surface area contributed by atoms with Crippen LogP contribution in [0.2, 0.25) is 0 Å². The molecule has 0 aliphatic carbocycles. The van der Waals surface area contributed by atoms with Crippen LogP contribution in [-0.2, 0) is 19.1 Å². The molecule has 5 N–H and O–H groups in total. The monoisotopic (exact) mass is 520 g/mol. The lowest BCUT2D eigenvalue weighted by atomic mass is 9.82. The summed E-state index contributed by atoms with van der Waals surface area (Å²) in [5, 5.41) is 0. The molecule has 0 atom stereocenters. The number of amides is 1. The lowest BCUT2D eigenvalue weighted by molar-refractivity contribution is -0.151. The van der Waals surface area contributed by atoms with Crippen LogP contribution in [-0.4, -0.2) is 60.9 Å². The van der Waals surface area contributed by atoms with Gasteiger partial charge in [-0.25, -0.2) is 4.79 Å². The number of alkyl halides is 3. The van der Waals surface area contributed by atoms with Gasteiger partial charge in [0.15, 0.2) is 0 Å². The number of esters is 1. The molecule has 206 valence electrons. The number of allylic oxidation sites excluding steroid dienone is 4. The fourth-order valence-electron chi connectivity index (χ4n) is 4.38. The standard InChI is InChI=1S/C15H22N2O4.C7H10F3N.C2H6.HNO/c1-10-12(13(16)18)15(21-14(10)19)4-6-17(7-5-15)11-2-8-20-9-3-11;1-3-6(4-5(2)11)7(8,9)10;2*1-2/h11H,2-9H2,1H3,(H2,16,18);3-4H,11H2,1-2H3;1-2H3;1H/b;5-4+,6-3+;;. The molecule has 2 saturated heterocycles. The number of nitroso groups, excluding NO2 is 1. The molecule has 0 unspecified atom stereocenters. The minimum absolute atomic E-state index is 0.149. The van der Waals surface area contributed by atoms with Crippen LogP contribution >= 0.6 is 0 Å². The Kier molecular flexibility index (Phi) is 14.2. The van der Waals surface area contributed by atoms with Gasteiger partial charge in [0.2, 0.25) is 5.91 Å². The molecule has 1 spiro atoms. The van der Waals surface area contributed by atoms with Crippen LogP contribution in [0.4, 0.5) is 13.2 Å². The van der Waals surface area contributed by atoms with Crippen molar-refractivity contribution in [3.05, 3.63) is 39.5 Å². The molecule has 3 rings (SSSR count). The topological polar surface area (TPSA) is 149 Å². The third-order valence-corrected chi connectivity index (χ3v) is 6.01. The van der Waals surface area contributed by atoms with Crippen LogP contribution in [0.15, 0.2) is 34.6 Å². The second-order valence-corrected chi connectivity index (χ2v) is 8.26. The summed E-state index contributed by atoms with van der Waals surface area (Å²) >= 11 is 0. The Morgan fingerprint density at radius 3 is 2.00 bits per heavy atom. The Bertz CT molecular complexity index is 822. The maximum absolute atomic E-state index is 11.9. The van der Waals surface area contributed by atoms with Gasteiger partial charge in [-0.2, -0.15) is 18.1 Å². The van der Waals surface area contributed by atoms with E-state index in [4.69, 9.17) is 25.8 Å². The van der Waals surface area contributed by atoms with Crippen LogP contribution < -0.4 is 11.5 Å². The van der Waals surface area contributed by atoms with Gasteiger partial charge >= 0.3 is 12.1 Å².